The molecule has 2 aromatic carbocycles. The quantitative estimate of drug-likeness (QED) is 0.184. The van der Waals surface area contributed by atoms with Crippen molar-refractivity contribution >= 4 is 35.4 Å². The number of aromatic nitrogens is 4. The summed E-state index contributed by atoms with van der Waals surface area (Å²) in [6.07, 6.45) is 4.90. The highest BCUT2D eigenvalue weighted by molar-refractivity contribution is 6.27. The van der Waals surface area contributed by atoms with Gasteiger partial charge in [0, 0.05) is 13.1 Å². The molecule has 4 aromatic rings. The lowest BCUT2D eigenvalue weighted by molar-refractivity contribution is -0.147. The van der Waals surface area contributed by atoms with Crippen molar-refractivity contribution in [1.29, 1.82) is 0 Å². The number of ether oxygens (including phenoxy) is 2. The molecule has 0 saturated carbocycles. The number of hydrogen-bond donors (Lipinski definition) is 1. The molecule has 6 heterocycles. The van der Waals surface area contributed by atoms with Gasteiger partial charge in [0.2, 0.25) is 11.8 Å². The minimum Gasteiger partial charge on any atom is -0.469 e. The SMILES string of the molecule is COC(=O)C1CCN(CC(=O)N2CCc3c(C)nn(Cc4ccc(F)cc4)c3C2)CC1.COC(=O)C1CCNCC1.Cc1nn(Cc2ccc(F)cc2)c2c1CCN(C(=O)CCl)C2. The maximum absolute atomic E-state index is 13.2. The highest BCUT2D eigenvalue weighted by Gasteiger charge is 2.31. The Kier molecular flexibility index (Phi) is 16.8. The molecule has 0 atom stereocenters. The molecule has 340 valence electrons. The van der Waals surface area contributed by atoms with E-state index in [2.05, 4.69) is 25.2 Å². The number of halogens is 3. The molecule has 0 bridgehead atoms. The lowest BCUT2D eigenvalue weighted by atomic mass is 9.97. The Bertz CT molecular complexity index is 2180. The summed E-state index contributed by atoms with van der Waals surface area (Å²) in [6, 6.07) is 12.8. The summed E-state index contributed by atoms with van der Waals surface area (Å²) in [5.41, 5.74) is 8.48. The van der Waals surface area contributed by atoms with Crippen molar-refractivity contribution in [1.82, 2.24) is 39.6 Å². The standard InChI is InChI=1S/C23H29FN4O3.C16H17ClFN3O.C7H13NO2/c1-16-20-9-12-27(22(29)15-26-10-7-18(8-11-26)23(30)31-2)14-21(20)28(25-16)13-17-3-5-19(24)6-4-17;1-11-14-6-7-20(16(22)8-17)10-15(14)21(19-11)9-12-2-4-13(18)5-3-12;1-10-7(9)6-2-4-8-5-3-6/h3-6,18H,7-15H2,1-2H3;2-5H,6-10H2,1H3;6,8H,2-5H2,1H3. The number of esters is 2. The average Bonchev–Trinajstić information content (AvgIpc) is 3.80. The van der Waals surface area contributed by atoms with Gasteiger partial charge < -0.3 is 24.6 Å². The molecule has 2 amide bonds. The number of alkyl halides is 1. The molecule has 4 aliphatic rings. The van der Waals surface area contributed by atoms with E-state index >= 15 is 0 Å². The molecule has 0 radical (unpaired) electrons. The second-order valence-corrected chi connectivity index (χ2v) is 16.7. The number of likely N-dealkylation sites (tertiary alicyclic amines) is 1. The van der Waals surface area contributed by atoms with E-state index < -0.39 is 0 Å². The van der Waals surface area contributed by atoms with Crippen LogP contribution in [-0.4, -0.2) is 124 Å². The Hall–Kier alpha value is -5.19. The molecular formula is C46H59ClF2N8O6. The molecule has 0 unspecified atom stereocenters. The topological polar surface area (TPSA) is 144 Å². The van der Waals surface area contributed by atoms with Crippen LogP contribution in [-0.2, 0) is 67.7 Å². The van der Waals surface area contributed by atoms with Crippen LogP contribution < -0.4 is 5.32 Å². The molecular weight excluding hydrogens is 834 g/mol. The van der Waals surface area contributed by atoms with Crippen LogP contribution >= 0.6 is 11.6 Å². The number of rotatable bonds is 9. The Morgan fingerprint density at radius 2 is 1.10 bits per heavy atom. The van der Waals surface area contributed by atoms with Crippen LogP contribution in [0.4, 0.5) is 8.78 Å². The molecule has 0 spiro atoms. The number of aryl methyl sites for hydroxylation is 2. The Morgan fingerprint density at radius 3 is 1.52 bits per heavy atom. The fourth-order valence-corrected chi connectivity index (χ4v) is 8.83. The van der Waals surface area contributed by atoms with Crippen LogP contribution in [0, 0.1) is 37.3 Å². The first kappa shape index (κ1) is 47.3. The third-order valence-electron chi connectivity index (χ3n) is 12.3. The van der Waals surface area contributed by atoms with E-state index in [-0.39, 0.29) is 53.1 Å². The van der Waals surface area contributed by atoms with E-state index in [0.717, 1.165) is 98.6 Å². The van der Waals surface area contributed by atoms with Crippen molar-refractivity contribution in [2.45, 2.75) is 78.6 Å². The summed E-state index contributed by atoms with van der Waals surface area (Å²) in [5, 5.41) is 12.5. The average molecular weight is 893 g/mol. The van der Waals surface area contributed by atoms with E-state index in [1.54, 1.807) is 29.2 Å². The first-order valence-electron chi connectivity index (χ1n) is 21.7. The summed E-state index contributed by atoms with van der Waals surface area (Å²) >= 11 is 5.65. The van der Waals surface area contributed by atoms with Crippen molar-refractivity contribution in [2.24, 2.45) is 11.8 Å². The molecule has 63 heavy (non-hydrogen) atoms. The third-order valence-corrected chi connectivity index (χ3v) is 12.6. The normalized spacial score (nSPS) is 16.7. The largest absolute Gasteiger partial charge is 0.469 e. The summed E-state index contributed by atoms with van der Waals surface area (Å²) in [7, 11) is 2.87. The van der Waals surface area contributed by atoms with Gasteiger partial charge in [0.1, 0.15) is 17.5 Å². The van der Waals surface area contributed by atoms with Gasteiger partial charge in [0.15, 0.2) is 0 Å². The molecule has 0 aliphatic carbocycles. The zero-order chi connectivity index (χ0) is 45.0. The summed E-state index contributed by atoms with van der Waals surface area (Å²) in [6.45, 7) is 11.3. The predicted molar refractivity (Wildman–Crippen MR) is 233 cm³/mol. The minimum atomic E-state index is -0.255. The minimum absolute atomic E-state index is 0.000411. The zero-order valence-electron chi connectivity index (χ0n) is 36.7. The second-order valence-electron chi connectivity index (χ2n) is 16.5. The predicted octanol–water partition coefficient (Wildman–Crippen LogP) is 4.81. The Morgan fingerprint density at radius 1 is 0.667 bits per heavy atom. The first-order valence-corrected chi connectivity index (χ1v) is 22.2. The van der Waals surface area contributed by atoms with Crippen LogP contribution in [0.25, 0.3) is 0 Å². The van der Waals surface area contributed by atoms with Crippen molar-refractivity contribution in [3.05, 3.63) is 105 Å². The molecule has 1 N–H and O–H groups in total. The highest BCUT2D eigenvalue weighted by Crippen LogP contribution is 2.26. The fraction of sp³-hybridized carbons (Fsp3) is 0.522. The van der Waals surface area contributed by atoms with Crippen LogP contribution in [0.15, 0.2) is 48.5 Å². The number of carbonyl (C=O) groups is 4. The highest BCUT2D eigenvalue weighted by atomic mass is 35.5. The molecule has 2 saturated heterocycles. The van der Waals surface area contributed by atoms with Crippen molar-refractivity contribution in [3.8, 4) is 0 Å². The van der Waals surface area contributed by atoms with E-state index in [0.29, 0.717) is 45.8 Å². The lowest BCUT2D eigenvalue weighted by Crippen LogP contribution is -2.46. The van der Waals surface area contributed by atoms with Crippen molar-refractivity contribution in [2.75, 3.05) is 65.9 Å². The molecule has 8 rings (SSSR count). The van der Waals surface area contributed by atoms with Gasteiger partial charge in [-0.25, -0.2) is 8.78 Å². The lowest BCUT2D eigenvalue weighted by Gasteiger charge is -2.33. The molecule has 14 nitrogen and oxygen atoms in total. The number of fused-ring (bicyclic) bond motifs is 2. The van der Waals surface area contributed by atoms with Crippen molar-refractivity contribution in [3.63, 3.8) is 0 Å². The monoisotopic (exact) mass is 892 g/mol. The van der Waals surface area contributed by atoms with Crippen LogP contribution in [0.5, 0.6) is 0 Å². The van der Waals surface area contributed by atoms with E-state index in [1.807, 2.05) is 28.1 Å². The number of methoxy groups -OCH3 is 2. The molecule has 4 aliphatic heterocycles. The first-order chi connectivity index (χ1) is 30.4. The van der Waals surface area contributed by atoms with E-state index in [4.69, 9.17) is 16.3 Å². The van der Waals surface area contributed by atoms with Gasteiger partial charge in [-0.2, -0.15) is 10.2 Å². The number of piperidine rings is 2. The molecule has 17 heteroatoms. The van der Waals surface area contributed by atoms with Gasteiger partial charge in [-0.05, 0) is 125 Å². The van der Waals surface area contributed by atoms with Gasteiger partial charge >= 0.3 is 11.9 Å². The fourth-order valence-electron chi connectivity index (χ4n) is 8.66. The zero-order valence-corrected chi connectivity index (χ0v) is 37.5. The van der Waals surface area contributed by atoms with Crippen LogP contribution in [0.1, 0.15) is 70.7 Å². The van der Waals surface area contributed by atoms with Gasteiger partial charge in [-0.15, -0.1) is 11.6 Å². The smallest absolute Gasteiger partial charge is 0.308 e. The van der Waals surface area contributed by atoms with Crippen LogP contribution in [0.3, 0.4) is 0 Å². The maximum atomic E-state index is 13.2. The number of benzene rings is 2. The molecule has 2 aromatic heterocycles. The van der Waals surface area contributed by atoms with Crippen molar-refractivity contribution < 1.29 is 37.4 Å². The Balaban J connectivity index is 0.000000178. The second kappa shape index (κ2) is 22.4. The van der Waals surface area contributed by atoms with Gasteiger partial charge in [-0.3, -0.25) is 33.4 Å². The van der Waals surface area contributed by atoms with E-state index in [9.17, 15) is 28.0 Å². The maximum Gasteiger partial charge on any atom is 0.308 e. The number of hydrogen-bond acceptors (Lipinski definition) is 10. The number of carbonyl (C=O) groups excluding carboxylic acids is 4. The van der Waals surface area contributed by atoms with Gasteiger partial charge in [0.25, 0.3) is 0 Å². The van der Waals surface area contributed by atoms with Gasteiger partial charge in [-0.1, -0.05) is 24.3 Å². The third kappa shape index (κ3) is 12.5. The Labute approximate surface area is 372 Å². The van der Waals surface area contributed by atoms with E-state index in [1.165, 1.54) is 49.6 Å². The number of nitrogens with one attached hydrogen (secondary N) is 1. The summed E-state index contributed by atoms with van der Waals surface area (Å²) in [5.74, 6) is -0.574. The van der Waals surface area contributed by atoms with Crippen LogP contribution in [0.2, 0.25) is 0 Å². The number of nitrogens with zero attached hydrogens (tertiary/aromatic N) is 7. The summed E-state index contributed by atoms with van der Waals surface area (Å²) in [4.78, 5) is 53.2. The van der Waals surface area contributed by atoms with Gasteiger partial charge in [0.05, 0.1) is 81.6 Å². The number of amides is 2. The summed E-state index contributed by atoms with van der Waals surface area (Å²) < 4.78 is 39.5. The molecule has 2 fully saturated rings.